The predicted molar refractivity (Wildman–Crippen MR) is 140 cm³/mol. The van der Waals surface area contributed by atoms with Crippen molar-refractivity contribution >= 4 is 11.5 Å². The molecule has 0 aliphatic carbocycles. The summed E-state index contributed by atoms with van der Waals surface area (Å²) in [7, 11) is 0. The molecule has 6 rings (SSSR count). The summed E-state index contributed by atoms with van der Waals surface area (Å²) in [5.74, 6) is 0.338. The maximum atomic E-state index is 14.6. The zero-order valence-electron chi connectivity index (χ0n) is 21.0. The molecule has 1 unspecified atom stereocenters. The number of fused-ring (bicyclic) bond motifs is 1. The average molecular weight is 515 g/mol. The first-order valence-corrected chi connectivity index (χ1v) is 13.1. The number of benzene rings is 2. The number of aromatic nitrogens is 3. The van der Waals surface area contributed by atoms with E-state index >= 15 is 0 Å². The number of anilines is 1. The zero-order chi connectivity index (χ0) is 26.1. The Morgan fingerprint density at radius 2 is 1.87 bits per heavy atom. The molecular weight excluding hydrogens is 486 g/mol. The fourth-order valence-corrected chi connectivity index (χ4v) is 5.53. The Morgan fingerprint density at radius 1 is 1.00 bits per heavy atom. The molecule has 2 aliphatic rings. The second-order valence-corrected chi connectivity index (χ2v) is 9.84. The minimum absolute atomic E-state index is 0.298. The quantitative estimate of drug-likeness (QED) is 0.331. The van der Waals surface area contributed by atoms with Gasteiger partial charge in [0.15, 0.2) is 5.65 Å². The normalized spacial score (nSPS) is 17.8. The van der Waals surface area contributed by atoms with Gasteiger partial charge < -0.3 is 9.64 Å². The Morgan fingerprint density at radius 3 is 2.71 bits per heavy atom. The van der Waals surface area contributed by atoms with Crippen LogP contribution in [0.15, 0.2) is 54.7 Å². The van der Waals surface area contributed by atoms with Gasteiger partial charge in [0.25, 0.3) is 0 Å². The number of imidazole rings is 1. The van der Waals surface area contributed by atoms with E-state index in [0.29, 0.717) is 47.9 Å². The molecule has 2 aromatic carbocycles. The third-order valence-electron chi connectivity index (χ3n) is 7.47. The monoisotopic (exact) mass is 514 g/mol. The molecule has 194 valence electrons. The Hall–Kier alpha value is -4.03. The van der Waals surface area contributed by atoms with Gasteiger partial charge >= 0.3 is 0 Å². The van der Waals surface area contributed by atoms with E-state index in [2.05, 4.69) is 16.0 Å². The van der Waals surface area contributed by atoms with Gasteiger partial charge in [-0.1, -0.05) is 6.07 Å². The van der Waals surface area contributed by atoms with E-state index in [1.54, 1.807) is 16.8 Å². The molecule has 2 saturated heterocycles. The van der Waals surface area contributed by atoms with Gasteiger partial charge in [0.1, 0.15) is 35.9 Å². The third-order valence-corrected chi connectivity index (χ3v) is 7.47. The van der Waals surface area contributed by atoms with E-state index in [9.17, 15) is 14.0 Å². The molecule has 0 radical (unpaired) electrons. The van der Waals surface area contributed by atoms with E-state index < -0.39 is 11.6 Å². The van der Waals surface area contributed by atoms with Crippen LogP contribution in [0.5, 0.6) is 5.75 Å². The van der Waals surface area contributed by atoms with Crippen molar-refractivity contribution in [2.75, 3.05) is 37.7 Å². The predicted octanol–water partition coefficient (Wildman–Crippen LogP) is 5.36. The van der Waals surface area contributed by atoms with Crippen LogP contribution in [0.4, 0.5) is 14.6 Å². The summed E-state index contributed by atoms with van der Waals surface area (Å²) in [4.78, 5) is 8.90. The summed E-state index contributed by atoms with van der Waals surface area (Å²) in [6, 6.07) is 14.8. The highest BCUT2D eigenvalue weighted by molar-refractivity contribution is 5.67. The van der Waals surface area contributed by atoms with E-state index in [4.69, 9.17) is 9.84 Å². The third kappa shape index (κ3) is 4.68. The van der Waals surface area contributed by atoms with Gasteiger partial charge in [-0.2, -0.15) is 5.26 Å². The molecule has 0 spiro atoms. The van der Waals surface area contributed by atoms with Gasteiger partial charge in [-0.3, -0.25) is 4.90 Å². The van der Waals surface area contributed by atoms with Gasteiger partial charge in [-0.15, -0.1) is 5.10 Å². The lowest BCUT2D eigenvalue weighted by Crippen LogP contribution is -2.25. The first-order chi connectivity index (χ1) is 18.6. The fourth-order valence-electron chi connectivity index (χ4n) is 5.53. The highest BCUT2D eigenvalue weighted by atomic mass is 19.1. The number of nitriles is 1. The molecule has 0 saturated carbocycles. The van der Waals surface area contributed by atoms with Crippen molar-refractivity contribution in [1.29, 1.82) is 5.26 Å². The van der Waals surface area contributed by atoms with Crippen molar-refractivity contribution in [3.8, 4) is 23.1 Å². The molecule has 2 fully saturated rings. The lowest BCUT2D eigenvalue weighted by molar-refractivity contribution is 0.237. The molecule has 9 heteroatoms. The molecule has 2 aliphatic heterocycles. The van der Waals surface area contributed by atoms with Crippen LogP contribution in [0.25, 0.3) is 16.9 Å². The first-order valence-electron chi connectivity index (χ1n) is 13.1. The topological polar surface area (TPSA) is 69.7 Å². The van der Waals surface area contributed by atoms with Crippen molar-refractivity contribution in [3.05, 3.63) is 77.5 Å². The summed E-state index contributed by atoms with van der Waals surface area (Å²) < 4.78 is 36.3. The highest BCUT2D eigenvalue weighted by Crippen LogP contribution is 2.37. The number of ether oxygens (including phenoxy) is 1. The molecule has 7 nitrogen and oxygen atoms in total. The van der Waals surface area contributed by atoms with Crippen molar-refractivity contribution in [1.82, 2.24) is 19.5 Å². The number of halogens is 2. The number of nitrogens with zero attached hydrogens (tertiary/aromatic N) is 6. The second-order valence-electron chi connectivity index (χ2n) is 9.84. The van der Waals surface area contributed by atoms with E-state index in [1.807, 2.05) is 29.2 Å². The van der Waals surface area contributed by atoms with Gasteiger partial charge in [-0.05, 0) is 81.2 Å². The van der Waals surface area contributed by atoms with Crippen LogP contribution >= 0.6 is 0 Å². The maximum absolute atomic E-state index is 14.6. The summed E-state index contributed by atoms with van der Waals surface area (Å²) in [5, 5.41) is 14.5. The van der Waals surface area contributed by atoms with Gasteiger partial charge in [0.2, 0.25) is 0 Å². The molecule has 0 bridgehead atoms. The minimum Gasteiger partial charge on any atom is -0.491 e. The molecule has 38 heavy (non-hydrogen) atoms. The van der Waals surface area contributed by atoms with Crippen LogP contribution in [0.2, 0.25) is 0 Å². The molecule has 2 aromatic heterocycles. The second kappa shape index (κ2) is 10.4. The molecule has 4 heterocycles. The fraction of sp³-hybridized carbons (Fsp3) is 0.345. The van der Waals surface area contributed by atoms with Crippen LogP contribution in [0.1, 0.15) is 42.9 Å². The molecule has 4 aromatic rings. The SMILES string of the molecule is N#Cc1ccc(-c2cnc3ccc(N4CCCC4c4cc(F)ccc4F)nn23)cc1OCCN1CCCC1. The van der Waals surface area contributed by atoms with Crippen LogP contribution < -0.4 is 9.64 Å². The largest absolute Gasteiger partial charge is 0.491 e. The Bertz CT molecular complexity index is 1510. The zero-order valence-corrected chi connectivity index (χ0v) is 21.0. The smallest absolute Gasteiger partial charge is 0.154 e. The van der Waals surface area contributed by atoms with Crippen LogP contribution in [0, 0.1) is 23.0 Å². The van der Waals surface area contributed by atoms with Crippen molar-refractivity contribution in [3.63, 3.8) is 0 Å². The van der Waals surface area contributed by atoms with Crippen LogP contribution in [-0.4, -0.2) is 52.3 Å². The molecule has 0 amide bonds. The molecule has 0 N–H and O–H groups in total. The van der Waals surface area contributed by atoms with E-state index in [-0.39, 0.29) is 6.04 Å². The van der Waals surface area contributed by atoms with E-state index in [1.165, 1.54) is 25.0 Å². The van der Waals surface area contributed by atoms with Crippen molar-refractivity contribution < 1.29 is 13.5 Å². The molecular formula is C29H28F2N6O. The first kappa shape index (κ1) is 24.3. The number of likely N-dealkylation sites (tertiary alicyclic amines) is 1. The van der Waals surface area contributed by atoms with Gasteiger partial charge in [0, 0.05) is 24.2 Å². The number of rotatable bonds is 7. The van der Waals surface area contributed by atoms with Crippen LogP contribution in [0.3, 0.4) is 0 Å². The molecule has 1 atom stereocenters. The Balaban J connectivity index is 1.30. The highest BCUT2D eigenvalue weighted by Gasteiger charge is 2.30. The van der Waals surface area contributed by atoms with Crippen molar-refractivity contribution in [2.45, 2.75) is 31.7 Å². The lowest BCUT2D eigenvalue weighted by atomic mass is 10.0. The number of hydrogen-bond acceptors (Lipinski definition) is 6. The lowest BCUT2D eigenvalue weighted by Gasteiger charge is -2.26. The summed E-state index contributed by atoms with van der Waals surface area (Å²) in [6.45, 7) is 4.22. The standard InChI is InChI=1S/C29H28F2N6O/c30-22-7-8-24(31)23(17-22)25-4-3-13-36(25)29-10-9-28-33-19-26(37(28)34-29)20-5-6-21(18-32)27(16-20)38-15-14-35-11-1-2-12-35/h5-10,16-17,19,25H,1-4,11-15H2. The maximum Gasteiger partial charge on any atom is 0.154 e. The number of hydrogen-bond donors (Lipinski definition) is 0. The Kier molecular flexibility index (Phi) is 6.64. The summed E-state index contributed by atoms with van der Waals surface area (Å²) >= 11 is 0. The summed E-state index contributed by atoms with van der Waals surface area (Å²) in [5.41, 5.74) is 3.07. The summed E-state index contributed by atoms with van der Waals surface area (Å²) in [6.07, 6.45) is 5.75. The van der Waals surface area contributed by atoms with E-state index in [0.717, 1.165) is 43.4 Å². The minimum atomic E-state index is -0.451. The Labute approximate surface area is 219 Å². The average Bonchev–Trinajstić information content (AvgIpc) is 3.71. The van der Waals surface area contributed by atoms with Crippen LogP contribution in [-0.2, 0) is 0 Å². The van der Waals surface area contributed by atoms with Gasteiger partial charge in [0.05, 0.1) is 23.5 Å². The van der Waals surface area contributed by atoms with Gasteiger partial charge in [-0.25, -0.2) is 18.3 Å². The van der Waals surface area contributed by atoms with Crippen molar-refractivity contribution in [2.24, 2.45) is 0 Å².